The quantitative estimate of drug-likeness (QED) is 0.251. The summed E-state index contributed by atoms with van der Waals surface area (Å²) >= 11 is 0. The summed E-state index contributed by atoms with van der Waals surface area (Å²) in [5, 5.41) is 18.8. The Morgan fingerprint density at radius 2 is 1.87 bits per heavy atom. The van der Waals surface area contributed by atoms with Crippen molar-refractivity contribution < 1.29 is 24.2 Å². The molecule has 0 amide bonds. The number of nitrogens with two attached hydrogens (primary N) is 1. The van der Waals surface area contributed by atoms with Gasteiger partial charge in [-0.1, -0.05) is 18.2 Å². The summed E-state index contributed by atoms with van der Waals surface area (Å²) in [7, 11) is 1.54. The predicted molar refractivity (Wildman–Crippen MR) is 139 cm³/mol. The number of para-hydroxylation sites is 1. The number of rotatable bonds is 9. The molecule has 11 nitrogen and oxygen atoms in total. The minimum Gasteiger partial charge on any atom is -0.479 e. The number of carboxylic acid groups (broad SMARTS) is 1. The molecule has 1 aliphatic carbocycles. The number of fused-ring (bicyclic) bond motifs is 1. The van der Waals surface area contributed by atoms with Crippen molar-refractivity contribution in [3.8, 4) is 16.8 Å². The molecule has 0 aliphatic heterocycles. The van der Waals surface area contributed by atoms with Gasteiger partial charge in [0.05, 0.1) is 42.6 Å². The molecule has 1 saturated carbocycles. The van der Waals surface area contributed by atoms with Crippen LogP contribution < -0.4 is 5.73 Å². The largest absolute Gasteiger partial charge is 0.479 e. The average molecular weight is 519 g/mol. The lowest BCUT2D eigenvalue weighted by Crippen LogP contribution is -2.45. The van der Waals surface area contributed by atoms with E-state index in [1.54, 1.807) is 24.2 Å². The number of hydrogen-bond acceptors (Lipinski definition) is 8. The van der Waals surface area contributed by atoms with Gasteiger partial charge in [0.15, 0.2) is 17.0 Å². The minimum absolute atomic E-state index is 0.158. The Labute approximate surface area is 219 Å². The van der Waals surface area contributed by atoms with Crippen molar-refractivity contribution in [2.75, 3.05) is 26.1 Å². The van der Waals surface area contributed by atoms with E-state index < -0.39 is 11.6 Å². The van der Waals surface area contributed by atoms with Gasteiger partial charge in [-0.2, -0.15) is 14.7 Å². The van der Waals surface area contributed by atoms with Gasteiger partial charge in [-0.15, -0.1) is 0 Å². The molecule has 3 aromatic heterocycles. The number of ether oxygens (including phenoxy) is 2. The molecule has 0 radical (unpaired) electrons. The second-order valence-corrected chi connectivity index (χ2v) is 9.53. The molecule has 3 N–H and O–H groups in total. The van der Waals surface area contributed by atoms with Gasteiger partial charge in [0.1, 0.15) is 5.82 Å². The summed E-state index contributed by atoms with van der Waals surface area (Å²) in [5.41, 5.74) is 9.05. The maximum absolute atomic E-state index is 12.7. The van der Waals surface area contributed by atoms with Crippen LogP contribution in [0.1, 0.15) is 54.6 Å². The van der Waals surface area contributed by atoms with E-state index in [9.17, 15) is 14.7 Å². The molecule has 0 bridgehead atoms. The number of benzene rings is 1. The molecule has 5 rings (SSSR count). The van der Waals surface area contributed by atoms with Crippen LogP contribution in [0.3, 0.4) is 0 Å². The molecule has 1 aromatic carbocycles. The van der Waals surface area contributed by atoms with Crippen molar-refractivity contribution in [1.82, 2.24) is 24.4 Å². The lowest BCUT2D eigenvalue weighted by atomic mass is 9.76. The Bertz CT molecular complexity index is 1470. The molecule has 0 spiro atoms. The summed E-state index contributed by atoms with van der Waals surface area (Å²) < 4.78 is 14.0. The summed E-state index contributed by atoms with van der Waals surface area (Å²) in [6.45, 7) is 1.96. The Kier molecular flexibility index (Phi) is 6.96. The second-order valence-electron chi connectivity index (χ2n) is 9.53. The van der Waals surface area contributed by atoms with Crippen LogP contribution in [-0.4, -0.2) is 67.2 Å². The van der Waals surface area contributed by atoms with Crippen LogP contribution in [0.15, 0.2) is 48.9 Å². The molecular formula is C27H30N6O5. The second kappa shape index (κ2) is 10.3. The molecule has 0 unspecified atom stereocenters. The van der Waals surface area contributed by atoms with Crippen LogP contribution in [0.2, 0.25) is 0 Å². The Hall–Kier alpha value is -4.09. The van der Waals surface area contributed by atoms with Crippen LogP contribution in [-0.2, 0) is 14.3 Å². The van der Waals surface area contributed by atoms with Gasteiger partial charge in [-0.3, -0.25) is 4.79 Å². The lowest BCUT2D eigenvalue weighted by molar-refractivity contribution is -0.173. The van der Waals surface area contributed by atoms with Gasteiger partial charge in [-0.05, 0) is 44.7 Å². The zero-order valence-electron chi connectivity index (χ0n) is 21.3. The normalized spacial score (nSPS) is 19.6. The number of carboxylic acids is 1. The zero-order valence-corrected chi connectivity index (χ0v) is 21.3. The van der Waals surface area contributed by atoms with Crippen molar-refractivity contribution in [3.05, 3.63) is 60.2 Å². The van der Waals surface area contributed by atoms with E-state index >= 15 is 0 Å². The maximum atomic E-state index is 12.7. The number of carbonyl (C=O) groups is 2. The number of carbonyl (C=O) groups excluding carboxylic acids is 1. The molecule has 0 saturated heterocycles. The summed E-state index contributed by atoms with van der Waals surface area (Å²) in [4.78, 5) is 29.7. The van der Waals surface area contributed by atoms with E-state index in [1.807, 2.05) is 36.5 Å². The van der Waals surface area contributed by atoms with E-state index in [1.165, 1.54) is 11.4 Å². The van der Waals surface area contributed by atoms with Gasteiger partial charge in [0.2, 0.25) is 0 Å². The van der Waals surface area contributed by atoms with Gasteiger partial charge in [-0.25, -0.2) is 14.5 Å². The molecule has 198 valence electrons. The maximum Gasteiger partial charge on any atom is 0.335 e. The van der Waals surface area contributed by atoms with Crippen LogP contribution >= 0.6 is 0 Å². The highest BCUT2D eigenvalue weighted by Gasteiger charge is 2.44. The number of nitrogen functional groups attached to an aromatic ring is 1. The molecular weight excluding hydrogens is 488 g/mol. The first-order valence-corrected chi connectivity index (χ1v) is 12.5. The number of Topliss-reactive ketones (excluding diaryl/α,β-unsaturated/α-hetero) is 1. The number of ketones is 1. The summed E-state index contributed by atoms with van der Waals surface area (Å²) in [5.74, 6) is -1.15. The highest BCUT2D eigenvalue weighted by atomic mass is 16.5. The van der Waals surface area contributed by atoms with Crippen molar-refractivity contribution >= 4 is 23.2 Å². The van der Waals surface area contributed by atoms with Gasteiger partial charge < -0.3 is 20.3 Å². The Morgan fingerprint density at radius 3 is 2.53 bits per heavy atom. The topological polar surface area (TPSA) is 147 Å². The highest BCUT2D eigenvalue weighted by molar-refractivity contribution is 6.00. The van der Waals surface area contributed by atoms with E-state index in [0.29, 0.717) is 36.4 Å². The van der Waals surface area contributed by atoms with Gasteiger partial charge in [0.25, 0.3) is 0 Å². The van der Waals surface area contributed by atoms with Crippen molar-refractivity contribution in [2.45, 2.75) is 44.1 Å². The van der Waals surface area contributed by atoms with Crippen LogP contribution in [0.25, 0.3) is 22.5 Å². The number of aliphatic carboxylic acids is 1. The number of nitrogens with zero attached hydrogens (tertiary/aromatic N) is 5. The van der Waals surface area contributed by atoms with Gasteiger partial charge in [0, 0.05) is 30.4 Å². The van der Waals surface area contributed by atoms with E-state index in [4.69, 9.17) is 20.2 Å². The average Bonchev–Trinajstić information content (AvgIpc) is 3.57. The summed E-state index contributed by atoms with van der Waals surface area (Å²) in [6, 6.07) is 9.74. The zero-order chi connectivity index (χ0) is 26.9. The van der Waals surface area contributed by atoms with Crippen LogP contribution in [0, 0.1) is 0 Å². The molecule has 38 heavy (non-hydrogen) atoms. The standard InChI is InChI=1S/C27H30N6O5/c1-17(34)22-23(18-8-10-27(11-9-18,26(35)36)38-13-12-37-2)31-25-21(15-30-33(25)24(22)28)19-14-29-32(16-19)20-6-4-3-5-7-20/h3-7,14-16,18H,8-13,28H2,1-2H3,(H,35,36)/t18-,27+. The third kappa shape index (κ3) is 4.54. The van der Waals surface area contributed by atoms with E-state index in [-0.39, 0.29) is 37.0 Å². The van der Waals surface area contributed by atoms with Crippen molar-refractivity contribution in [2.24, 2.45) is 0 Å². The molecule has 3 heterocycles. The van der Waals surface area contributed by atoms with Crippen LogP contribution in [0.4, 0.5) is 5.82 Å². The fourth-order valence-electron chi connectivity index (χ4n) is 5.17. The van der Waals surface area contributed by atoms with Gasteiger partial charge >= 0.3 is 5.97 Å². The highest BCUT2D eigenvalue weighted by Crippen LogP contribution is 2.42. The minimum atomic E-state index is -1.28. The van der Waals surface area contributed by atoms with Crippen molar-refractivity contribution in [1.29, 1.82) is 0 Å². The molecule has 1 fully saturated rings. The third-order valence-electron chi connectivity index (χ3n) is 7.21. The number of anilines is 1. The fourth-order valence-corrected chi connectivity index (χ4v) is 5.17. The SMILES string of the molecule is COCCO[C@]1(C(=O)O)CC[C@H](c2nc3c(-c4cnn(-c5ccccc5)c4)cnn3c(N)c2C(C)=O)CC1. The van der Waals surface area contributed by atoms with E-state index in [0.717, 1.165) is 16.8 Å². The monoisotopic (exact) mass is 518 g/mol. The molecule has 1 aliphatic rings. The number of methoxy groups -OCH3 is 1. The Balaban J connectivity index is 1.51. The molecule has 4 aromatic rings. The molecule has 0 atom stereocenters. The Morgan fingerprint density at radius 1 is 1.13 bits per heavy atom. The van der Waals surface area contributed by atoms with E-state index in [2.05, 4.69) is 10.2 Å². The third-order valence-corrected chi connectivity index (χ3v) is 7.21. The number of aromatic nitrogens is 5. The van der Waals surface area contributed by atoms with Crippen molar-refractivity contribution in [3.63, 3.8) is 0 Å². The summed E-state index contributed by atoms with van der Waals surface area (Å²) in [6.07, 6.45) is 6.84. The fraction of sp³-hybridized carbons (Fsp3) is 0.370. The smallest absolute Gasteiger partial charge is 0.335 e. The predicted octanol–water partition coefficient (Wildman–Crippen LogP) is 3.51. The first-order chi connectivity index (χ1) is 18.3. The first-order valence-electron chi connectivity index (χ1n) is 12.5. The first kappa shape index (κ1) is 25.6. The molecule has 11 heteroatoms. The number of hydrogen-bond donors (Lipinski definition) is 2. The van der Waals surface area contributed by atoms with Crippen LogP contribution in [0.5, 0.6) is 0 Å². The lowest BCUT2D eigenvalue weighted by Gasteiger charge is -2.37.